The van der Waals surface area contributed by atoms with Crippen LogP contribution in [0.15, 0.2) is 30.6 Å². The van der Waals surface area contributed by atoms with Crippen LogP contribution in [0.4, 0.5) is 14.7 Å². The first-order valence-electron chi connectivity index (χ1n) is 8.88. The molecule has 0 spiro atoms. The number of hydrogen-bond donors (Lipinski definition) is 1. The summed E-state index contributed by atoms with van der Waals surface area (Å²) in [5.74, 6) is -0.183. The lowest BCUT2D eigenvalue weighted by molar-refractivity contribution is -0.117. The molecule has 1 aliphatic carbocycles. The highest BCUT2D eigenvalue weighted by Crippen LogP contribution is 2.41. The normalized spacial score (nSPS) is 13.8. The maximum absolute atomic E-state index is 12.9. The Hall–Kier alpha value is -2.52. The molecule has 1 N–H and O–H groups in total. The number of hydrogen-bond acceptors (Lipinski definition) is 4. The van der Waals surface area contributed by atoms with Crippen LogP contribution in [0.2, 0.25) is 10.0 Å². The van der Waals surface area contributed by atoms with Crippen LogP contribution < -0.4 is 5.32 Å². The van der Waals surface area contributed by atoms with Gasteiger partial charge in [-0.2, -0.15) is 5.10 Å². The molecule has 0 radical (unpaired) electrons. The van der Waals surface area contributed by atoms with Gasteiger partial charge in [-0.25, -0.2) is 18.4 Å². The first-order valence-corrected chi connectivity index (χ1v) is 9.64. The van der Waals surface area contributed by atoms with Gasteiger partial charge in [0.05, 0.1) is 6.54 Å². The van der Waals surface area contributed by atoms with E-state index >= 15 is 0 Å². The van der Waals surface area contributed by atoms with Crippen molar-refractivity contribution in [2.75, 3.05) is 5.32 Å². The number of amides is 1. The number of nitrogens with zero attached hydrogens (tertiary/aromatic N) is 5. The number of anilines is 1. The molecular weight excluding hydrogens is 425 g/mol. The molecule has 2 aromatic heterocycles. The Kier molecular flexibility index (Phi) is 5.51. The summed E-state index contributed by atoms with van der Waals surface area (Å²) < 4.78 is 28.7. The van der Waals surface area contributed by atoms with Gasteiger partial charge in [0.2, 0.25) is 11.9 Å². The van der Waals surface area contributed by atoms with Gasteiger partial charge in [-0.3, -0.25) is 14.8 Å². The van der Waals surface area contributed by atoms with E-state index < -0.39 is 12.3 Å². The monoisotopic (exact) mass is 440 g/mol. The minimum atomic E-state index is -2.68. The van der Waals surface area contributed by atoms with Crippen molar-refractivity contribution in [3.05, 3.63) is 57.6 Å². The van der Waals surface area contributed by atoms with Crippen LogP contribution in [0.25, 0.3) is 0 Å². The number of nitrogens with one attached hydrogen (secondary N) is 1. The zero-order chi connectivity index (χ0) is 20.5. The second-order valence-corrected chi connectivity index (χ2v) is 7.56. The average Bonchev–Trinajstić information content (AvgIpc) is 3.27. The molecule has 0 unspecified atom stereocenters. The van der Waals surface area contributed by atoms with Crippen LogP contribution in [-0.4, -0.2) is 30.5 Å². The summed E-state index contributed by atoms with van der Waals surface area (Å²) in [5, 5.41) is 11.6. The number of aromatic nitrogens is 5. The first kappa shape index (κ1) is 19.8. The van der Waals surface area contributed by atoms with Gasteiger partial charge in [-0.05, 0) is 31.0 Å². The molecule has 29 heavy (non-hydrogen) atoms. The summed E-state index contributed by atoms with van der Waals surface area (Å²) in [7, 11) is 0. The SMILES string of the molecule is O=C(Cn1nc(C(F)F)cc1C1CC1)Nc1ncn(Cc2c(Cl)cccc2Cl)n1. The lowest BCUT2D eigenvalue weighted by Gasteiger charge is -2.07. The molecule has 1 aliphatic rings. The quantitative estimate of drug-likeness (QED) is 0.594. The molecule has 0 atom stereocenters. The summed E-state index contributed by atoms with van der Waals surface area (Å²) in [6.45, 7) is 0.0908. The van der Waals surface area contributed by atoms with Gasteiger partial charge >= 0.3 is 0 Å². The van der Waals surface area contributed by atoms with E-state index in [-0.39, 0.29) is 30.6 Å². The van der Waals surface area contributed by atoms with Gasteiger partial charge in [0.25, 0.3) is 6.43 Å². The van der Waals surface area contributed by atoms with Gasteiger partial charge in [0.15, 0.2) is 0 Å². The summed E-state index contributed by atoms with van der Waals surface area (Å²) >= 11 is 12.3. The van der Waals surface area contributed by atoms with Crippen LogP contribution >= 0.6 is 23.2 Å². The van der Waals surface area contributed by atoms with Gasteiger partial charge in [-0.15, -0.1) is 5.10 Å². The number of halogens is 4. The third-order valence-corrected chi connectivity index (χ3v) is 5.22. The number of carbonyl (C=O) groups excluding carboxylic acids is 1. The lowest BCUT2D eigenvalue weighted by atomic mass is 10.2. The third-order valence-electron chi connectivity index (χ3n) is 4.51. The standard InChI is InChI=1S/C18H16Cl2F2N6O/c19-12-2-1-3-13(20)11(12)7-27-9-23-18(26-27)24-16(29)8-28-15(10-4-5-10)6-14(25-28)17(21)22/h1-3,6,9-10,17H,4-5,7-8H2,(H,24,26,29). The Morgan fingerprint density at radius 3 is 2.62 bits per heavy atom. The molecular formula is C18H16Cl2F2N6O. The Bertz CT molecular complexity index is 1030. The molecule has 1 aromatic carbocycles. The highest BCUT2D eigenvalue weighted by atomic mass is 35.5. The maximum Gasteiger partial charge on any atom is 0.282 e. The van der Waals surface area contributed by atoms with Crippen LogP contribution in [0.1, 0.15) is 42.1 Å². The molecule has 2 heterocycles. The van der Waals surface area contributed by atoms with Gasteiger partial charge in [0, 0.05) is 27.2 Å². The van der Waals surface area contributed by atoms with Gasteiger partial charge in [0.1, 0.15) is 18.6 Å². The van der Waals surface area contributed by atoms with Crippen molar-refractivity contribution in [1.82, 2.24) is 24.5 Å². The van der Waals surface area contributed by atoms with Crippen molar-refractivity contribution < 1.29 is 13.6 Å². The molecule has 0 saturated heterocycles. The minimum Gasteiger partial charge on any atom is -0.292 e. The minimum absolute atomic E-state index is 0.0902. The predicted molar refractivity (Wildman–Crippen MR) is 103 cm³/mol. The van der Waals surface area contributed by atoms with Crippen molar-refractivity contribution in [2.24, 2.45) is 0 Å². The fraction of sp³-hybridized carbons (Fsp3) is 0.333. The molecule has 4 rings (SSSR count). The number of benzene rings is 1. The lowest BCUT2D eigenvalue weighted by Crippen LogP contribution is -2.21. The molecule has 11 heteroatoms. The second-order valence-electron chi connectivity index (χ2n) is 6.74. The highest BCUT2D eigenvalue weighted by molar-refractivity contribution is 6.35. The molecule has 152 valence electrons. The van der Waals surface area contributed by atoms with Crippen molar-refractivity contribution in [3.8, 4) is 0 Å². The van der Waals surface area contributed by atoms with E-state index in [9.17, 15) is 13.6 Å². The zero-order valence-corrected chi connectivity index (χ0v) is 16.5. The van der Waals surface area contributed by atoms with Gasteiger partial charge in [-0.1, -0.05) is 29.3 Å². The topological polar surface area (TPSA) is 77.6 Å². The summed E-state index contributed by atoms with van der Waals surface area (Å²) in [4.78, 5) is 16.4. The smallest absolute Gasteiger partial charge is 0.282 e. The predicted octanol–water partition coefficient (Wildman–Crippen LogP) is 4.28. The summed E-state index contributed by atoms with van der Waals surface area (Å²) in [6.07, 6.45) is 0.582. The Morgan fingerprint density at radius 2 is 1.97 bits per heavy atom. The van der Waals surface area contributed by atoms with Crippen molar-refractivity contribution in [2.45, 2.75) is 38.3 Å². The highest BCUT2D eigenvalue weighted by Gasteiger charge is 2.30. The van der Waals surface area contributed by atoms with Crippen LogP contribution in [0.5, 0.6) is 0 Å². The number of alkyl halides is 2. The summed E-state index contributed by atoms with van der Waals surface area (Å²) in [5.41, 5.74) is 1.02. The molecule has 3 aromatic rings. The zero-order valence-electron chi connectivity index (χ0n) is 15.0. The third kappa shape index (κ3) is 4.56. The van der Waals surface area contributed by atoms with E-state index in [1.165, 1.54) is 21.8 Å². The van der Waals surface area contributed by atoms with E-state index in [2.05, 4.69) is 20.5 Å². The molecule has 1 fully saturated rings. The maximum atomic E-state index is 12.9. The van der Waals surface area contributed by atoms with Crippen molar-refractivity contribution in [1.29, 1.82) is 0 Å². The van der Waals surface area contributed by atoms with Crippen LogP contribution in [0, 0.1) is 0 Å². The van der Waals surface area contributed by atoms with Crippen molar-refractivity contribution in [3.63, 3.8) is 0 Å². The first-order chi connectivity index (χ1) is 13.9. The van der Waals surface area contributed by atoms with Crippen molar-refractivity contribution >= 4 is 35.1 Å². The average molecular weight is 441 g/mol. The molecule has 0 aliphatic heterocycles. The van der Waals surface area contributed by atoms with E-state index in [1.54, 1.807) is 18.2 Å². The number of rotatable bonds is 7. The number of carbonyl (C=O) groups is 1. The molecule has 1 saturated carbocycles. The molecule has 1 amide bonds. The fourth-order valence-corrected chi connectivity index (χ4v) is 3.48. The van der Waals surface area contributed by atoms with Gasteiger partial charge < -0.3 is 0 Å². The fourth-order valence-electron chi connectivity index (χ4n) is 2.97. The largest absolute Gasteiger partial charge is 0.292 e. The van der Waals surface area contributed by atoms with E-state index in [0.717, 1.165) is 12.8 Å². The van der Waals surface area contributed by atoms with E-state index in [4.69, 9.17) is 23.2 Å². The Morgan fingerprint density at radius 1 is 1.24 bits per heavy atom. The van der Waals surface area contributed by atoms with E-state index in [1.807, 2.05) is 0 Å². The van der Waals surface area contributed by atoms with Crippen LogP contribution in [-0.2, 0) is 17.9 Å². The molecule has 0 bridgehead atoms. The molecule has 7 nitrogen and oxygen atoms in total. The summed E-state index contributed by atoms with van der Waals surface area (Å²) in [6, 6.07) is 6.55. The second kappa shape index (κ2) is 8.08. The Labute approximate surface area is 174 Å². The van der Waals surface area contributed by atoms with Crippen LogP contribution in [0.3, 0.4) is 0 Å². The Balaban J connectivity index is 1.42. The van der Waals surface area contributed by atoms with E-state index in [0.29, 0.717) is 21.3 Å².